The zero-order chi connectivity index (χ0) is 18.1. The number of benzene rings is 1. The molecule has 3 rings (SSSR count). The van der Waals surface area contributed by atoms with Crippen molar-refractivity contribution in [2.24, 2.45) is 0 Å². The van der Waals surface area contributed by atoms with E-state index >= 15 is 0 Å². The Labute approximate surface area is 151 Å². The Morgan fingerprint density at radius 3 is 2.36 bits per heavy atom. The third-order valence-electron chi connectivity index (χ3n) is 3.56. The molecule has 25 heavy (non-hydrogen) atoms. The molecule has 130 valence electrons. The first kappa shape index (κ1) is 17.4. The lowest BCUT2D eigenvalue weighted by molar-refractivity contribution is 0.312. The van der Waals surface area contributed by atoms with Crippen LogP contribution in [0.25, 0.3) is 22.6 Å². The highest BCUT2D eigenvalue weighted by Crippen LogP contribution is 2.33. The summed E-state index contributed by atoms with van der Waals surface area (Å²) in [6.07, 6.45) is 1.48. The maximum absolute atomic E-state index is 14.4. The molecular weight excluding hydrogens is 375 g/mol. The van der Waals surface area contributed by atoms with E-state index < -0.39 is 17.2 Å². The first-order valence-corrected chi connectivity index (χ1v) is 7.68. The minimum atomic E-state index is -0.863. The van der Waals surface area contributed by atoms with Crippen LogP contribution in [0.3, 0.4) is 0 Å². The van der Waals surface area contributed by atoms with Gasteiger partial charge in [0.15, 0.2) is 17.7 Å². The van der Waals surface area contributed by atoms with Crippen LogP contribution < -0.4 is 9.13 Å². The van der Waals surface area contributed by atoms with E-state index in [-0.39, 0.29) is 11.6 Å². The number of rotatable bonds is 4. The quantitative estimate of drug-likeness (QED) is 0.622. The average molecular weight is 386 g/mol. The molecule has 9 heteroatoms. The lowest BCUT2D eigenvalue weighted by Crippen LogP contribution is -2.07. The van der Waals surface area contributed by atoms with E-state index in [1.165, 1.54) is 13.3 Å². The van der Waals surface area contributed by atoms with Gasteiger partial charge in [-0.1, -0.05) is 11.6 Å². The lowest BCUT2D eigenvalue weighted by Gasteiger charge is -2.10. The second kappa shape index (κ2) is 6.85. The number of ether oxygens (including phenoxy) is 1. The third-order valence-corrected chi connectivity index (χ3v) is 3.92. The van der Waals surface area contributed by atoms with Crippen LogP contribution >= 0.6 is 23.5 Å². The molecule has 1 aromatic carbocycles. The molecule has 0 unspecified atom stereocenters. The highest BCUT2D eigenvalue weighted by molar-refractivity contribution is 6.29. The van der Waals surface area contributed by atoms with Crippen molar-refractivity contribution in [3.63, 3.8) is 0 Å². The van der Waals surface area contributed by atoms with E-state index in [4.69, 9.17) is 32.6 Å². The smallest absolute Gasteiger partial charge is 0.184 e. The van der Waals surface area contributed by atoms with Gasteiger partial charge in [0.25, 0.3) is 0 Å². The van der Waals surface area contributed by atoms with Gasteiger partial charge in [0, 0.05) is 23.9 Å². The van der Waals surface area contributed by atoms with Crippen LogP contribution in [0.15, 0.2) is 30.5 Å². The topological polar surface area (TPSA) is 49.2 Å². The van der Waals surface area contributed by atoms with Gasteiger partial charge in [0.05, 0.1) is 18.4 Å². The monoisotopic (exact) mass is 385 g/mol. The Balaban J connectivity index is 2.23. The van der Waals surface area contributed by atoms with Gasteiger partial charge < -0.3 is 4.74 Å². The van der Waals surface area contributed by atoms with Gasteiger partial charge in [-0.3, -0.25) is 4.39 Å². The summed E-state index contributed by atoms with van der Waals surface area (Å²) >= 11 is 11.3. The fourth-order valence-corrected chi connectivity index (χ4v) is 2.70. The van der Waals surface area contributed by atoms with E-state index in [9.17, 15) is 8.78 Å². The van der Waals surface area contributed by atoms with Crippen LogP contribution in [0.2, 0.25) is 5.15 Å². The molecule has 2 heterocycles. The van der Waals surface area contributed by atoms with Crippen LogP contribution in [0.5, 0.6) is 5.75 Å². The van der Waals surface area contributed by atoms with Crippen molar-refractivity contribution in [1.29, 1.82) is 0 Å². The number of nitrogens with zero attached hydrogens (tertiary/aromatic N) is 3. The van der Waals surface area contributed by atoms with Crippen molar-refractivity contribution in [3.8, 4) is 28.4 Å². The van der Waals surface area contributed by atoms with Gasteiger partial charge in [0.2, 0.25) is 0 Å². The number of pyridine rings is 1. The summed E-state index contributed by atoms with van der Waals surface area (Å²) < 4.78 is 39.5. The minimum Gasteiger partial charge on any atom is -0.497 e. The third kappa shape index (κ3) is 3.12. The molecule has 0 aliphatic heterocycles. The molecule has 0 atom stereocenters. The Hall–Kier alpha value is -2.38. The molecule has 0 spiro atoms. The molecule has 0 bridgehead atoms. The maximum atomic E-state index is 14.4. The van der Waals surface area contributed by atoms with E-state index in [1.807, 2.05) is 0 Å². The second-order valence-corrected chi connectivity index (χ2v) is 5.59. The number of methoxy groups -OCH3 is 1. The van der Waals surface area contributed by atoms with Crippen molar-refractivity contribution in [2.75, 3.05) is 7.11 Å². The van der Waals surface area contributed by atoms with Gasteiger partial charge in [-0.15, -0.1) is 4.73 Å². The number of imidazole rings is 1. The van der Waals surface area contributed by atoms with Crippen molar-refractivity contribution in [3.05, 3.63) is 52.9 Å². The summed E-state index contributed by atoms with van der Waals surface area (Å²) in [7, 11) is 1.31. The number of aryl methyl sites for hydroxylation is 1. The van der Waals surface area contributed by atoms with Crippen molar-refractivity contribution in [1.82, 2.24) is 14.7 Å². The fourth-order valence-electron chi connectivity index (χ4n) is 2.46. The van der Waals surface area contributed by atoms with Crippen molar-refractivity contribution < 1.29 is 17.9 Å². The zero-order valence-corrected chi connectivity index (χ0v) is 14.6. The molecule has 0 aliphatic rings. The van der Waals surface area contributed by atoms with Crippen LogP contribution in [-0.2, 0) is 0 Å². The SMILES string of the molecule is COc1cc(F)c(-c2nc(C)c(-c3ccc(Cl)nc3)n2OCl)c(F)c1. The number of hydrogen-bond donors (Lipinski definition) is 0. The summed E-state index contributed by atoms with van der Waals surface area (Å²) in [5, 5.41) is 0.298. The number of hydrogen-bond acceptors (Lipinski definition) is 4. The van der Waals surface area contributed by atoms with Crippen molar-refractivity contribution in [2.45, 2.75) is 6.92 Å². The van der Waals surface area contributed by atoms with Gasteiger partial charge in [-0.2, -0.15) is 0 Å². The van der Waals surface area contributed by atoms with E-state index in [0.717, 1.165) is 16.9 Å². The molecule has 0 fully saturated rings. The minimum absolute atomic E-state index is 0.0440. The molecule has 0 aliphatic carbocycles. The zero-order valence-electron chi connectivity index (χ0n) is 13.1. The maximum Gasteiger partial charge on any atom is 0.184 e. The van der Waals surface area contributed by atoms with Gasteiger partial charge in [0.1, 0.15) is 28.2 Å². The summed E-state index contributed by atoms with van der Waals surface area (Å²) in [5.74, 6) is -1.81. The summed E-state index contributed by atoms with van der Waals surface area (Å²) in [4.78, 5) is 8.17. The van der Waals surface area contributed by atoms with Crippen molar-refractivity contribution >= 4 is 23.5 Å². The second-order valence-electron chi connectivity index (χ2n) is 5.07. The van der Waals surface area contributed by atoms with E-state index in [1.54, 1.807) is 19.1 Å². The van der Waals surface area contributed by atoms with Gasteiger partial charge in [-0.25, -0.2) is 18.7 Å². The molecule has 0 N–H and O–H groups in total. The highest BCUT2D eigenvalue weighted by Gasteiger charge is 2.25. The van der Waals surface area contributed by atoms with E-state index in [2.05, 4.69) is 9.97 Å². The largest absolute Gasteiger partial charge is 0.497 e. The first-order chi connectivity index (χ1) is 12.0. The number of halogens is 4. The predicted octanol–water partition coefficient (Wildman–Crippen LogP) is 4.44. The number of aromatic nitrogens is 3. The Morgan fingerprint density at radius 2 is 1.84 bits per heavy atom. The molecule has 2 aromatic heterocycles. The molecule has 0 saturated heterocycles. The normalized spacial score (nSPS) is 10.8. The highest BCUT2D eigenvalue weighted by atomic mass is 35.5. The van der Waals surface area contributed by atoms with Crippen LogP contribution in [0.4, 0.5) is 8.78 Å². The van der Waals surface area contributed by atoms with Crippen LogP contribution in [0, 0.1) is 18.6 Å². The summed E-state index contributed by atoms with van der Waals surface area (Å²) in [5.41, 5.74) is 1.01. The molecule has 3 aromatic rings. The standard InChI is InChI=1S/C16H11Cl2F2N3O2/c1-8-15(9-3-4-13(17)21-7-9)23(25-18)16(22-8)14-11(19)5-10(24-2)6-12(14)20/h3-7H,1-2H3. The predicted molar refractivity (Wildman–Crippen MR) is 89.5 cm³/mol. The Morgan fingerprint density at radius 1 is 1.16 bits per heavy atom. The summed E-state index contributed by atoms with van der Waals surface area (Å²) in [6, 6.07) is 5.32. The molecule has 0 saturated carbocycles. The molecule has 0 amide bonds. The van der Waals surface area contributed by atoms with E-state index in [0.29, 0.717) is 22.1 Å². The molecule has 5 nitrogen and oxygen atoms in total. The summed E-state index contributed by atoms with van der Waals surface area (Å²) in [6.45, 7) is 1.65. The first-order valence-electron chi connectivity index (χ1n) is 7.00. The van der Waals surface area contributed by atoms with Crippen LogP contribution in [-0.4, -0.2) is 21.8 Å². The molecule has 0 radical (unpaired) electrons. The van der Waals surface area contributed by atoms with Gasteiger partial charge in [-0.05, 0) is 19.1 Å². The average Bonchev–Trinajstić information content (AvgIpc) is 2.91. The van der Waals surface area contributed by atoms with Gasteiger partial charge >= 0.3 is 0 Å². The van der Waals surface area contributed by atoms with Crippen LogP contribution in [0.1, 0.15) is 5.69 Å². The Kier molecular flexibility index (Phi) is 4.78. The Bertz CT molecular complexity index is 907. The molecular formula is C16H11Cl2F2N3O2. The fraction of sp³-hybridized carbons (Fsp3) is 0.125. The lowest BCUT2D eigenvalue weighted by atomic mass is 10.1.